The van der Waals surface area contributed by atoms with Crippen molar-refractivity contribution in [1.29, 1.82) is 0 Å². The van der Waals surface area contributed by atoms with Crippen LogP contribution in [0.15, 0.2) is 6.33 Å². The van der Waals surface area contributed by atoms with Crippen LogP contribution in [-0.2, 0) is 11.3 Å². The van der Waals surface area contributed by atoms with E-state index in [1.54, 1.807) is 0 Å². The van der Waals surface area contributed by atoms with Gasteiger partial charge in [-0.05, 0) is 26.2 Å². The Labute approximate surface area is 106 Å². The Morgan fingerprint density at radius 3 is 2.94 bits per heavy atom. The maximum Gasteiger partial charge on any atom is 0.229 e. The number of amides is 1. The smallest absolute Gasteiger partial charge is 0.229 e. The summed E-state index contributed by atoms with van der Waals surface area (Å²) < 4.78 is 1.81. The highest BCUT2D eigenvalue weighted by atomic mass is 16.3. The average Bonchev–Trinajstić information content (AvgIpc) is 3.03. The van der Waals surface area contributed by atoms with Crippen LogP contribution in [0.2, 0.25) is 0 Å². The Kier molecular flexibility index (Phi) is 3.65. The largest absolute Gasteiger partial charge is 0.395 e. The molecule has 1 heterocycles. The molecule has 6 nitrogen and oxygen atoms in total. The summed E-state index contributed by atoms with van der Waals surface area (Å²) in [4.78, 5) is 16.2. The van der Waals surface area contributed by atoms with Crippen LogP contribution in [0.4, 0.5) is 0 Å². The second-order valence-electron chi connectivity index (χ2n) is 4.97. The summed E-state index contributed by atoms with van der Waals surface area (Å²) in [5.74, 6) is 0.683. The molecule has 1 atom stereocenters. The van der Waals surface area contributed by atoms with Crippen molar-refractivity contribution in [1.82, 2.24) is 20.1 Å². The fourth-order valence-electron chi connectivity index (χ4n) is 2.01. The van der Waals surface area contributed by atoms with Crippen LogP contribution >= 0.6 is 0 Å². The van der Waals surface area contributed by atoms with Gasteiger partial charge in [0.25, 0.3) is 0 Å². The van der Waals surface area contributed by atoms with Crippen molar-refractivity contribution >= 4 is 5.91 Å². The lowest BCUT2D eigenvalue weighted by molar-refractivity contribution is -0.128. The lowest BCUT2D eigenvalue weighted by atomic mass is 10.1. The van der Waals surface area contributed by atoms with Crippen LogP contribution in [0.3, 0.4) is 0 Å². The summed E-state index contributed by atoms with van der Waals surface area (Å²) in [7, 11) is 0. The Hall–Kier alpha value is -1.43. The maximum absolute atomic E-state index is 12.0. The second-order valence-corrected chi connectivity index (χ2v) is 4.97. The molecule has 6 heteroatoms. The Bertz CT molecular complexity index is 425. The first kappa shape index (κ1) is 13.0. The number of hydrogen-bond acceptors (Lipinski definition) is 4. The van der Waals surface area contributed by atoms with E-state index in [0.29, 0.717) is 0 Å². The molecule has 1 aromatic heterocycles. The summed E-state index contributed by atoms with van der Waals surface area (Å²) in [6, 6.07) is -0.185. The summed E-state index contributed by atoms with van der Waals surface area (Å²) in [5, 5.41) is 16.3. The van der Waals surface area contributed by atoms with Gasteiger partial charge in [0.2, 0.25) is 5.91 Å². The minimum atomic E-state index is -0.538. The van der Waals surface area contributed by atoms with Gasteiger partial charge in [-0.25, -0.2) is 9.67 Å². The molecule has 0 radical (unpaired) electrons. The zero-order valence-electron chi connectivity index (χ0n) is 10.9. The molecular formula is C12H20N4O2. The predicted molar refractivity (Wildman–Crippen MR) is 65.6 cm³/mol. The van der Waals surface area contributed by atoms with Crippen molar-refractivity contribution in [2.24, 2.45) is 5.41 Å². The maximum atomic E-state index is 12.0. The summed E-state index contributed by atoms with van der Waals surface area (Å²) in [6.07, 6.45) is 4.01. The first-order valence-electron chi connectivity index (χ1n) is 6.42. The van der Waals surface area contributed by atoms with Crippen LogP contribution in [-0.4, -0.2) is 32.4 Å². The number of carbonyl (C=O) groups excluding carboxylic acids is 1. The summed E-state index contributed by atoms with van der Waals surface area (Å²) in [6.45, 7) is 4.68. The highest BCUT2D eigenvalue weighted by Gasteiger charge is 2.49. The third-order valence-electron chi connectivity index (χ3n) is 3.45. The normalized spacial score (nSPS) is 18.4. The van der Waals surface area contributed by atoms with Gasteiger partial charge in [-0.15, -0.1) is 0 Å². The average molecular weight is 252 g/mol. The van der Waals surface area contributed by atoms with Crippen LogP contribution in [0.1, 0.15) is 45.0 Å². The van der Waals surface area contributed by atoms with Crippen molar-refractivity contribution < 1.29 is 9.90 Å². The van der Waals surface area contributed by atoms with Crippen molar-refractivity contribution in [2.75, 3.05) is 6.61 Å². The molecular weight excluding hydrogens is 232 g/mol. The number of aliphatic hydroxyl groups excluding tert-OH is 1. The van der Waals surface area contributed by atoms with E-state index in [4.69, 9.17) is 0 Å². The molecule has 0 bridgehead atoms. The standard InChI is InChI=1S/C12H20N4O2/c1-3-6-16-10(13-8-14-16)9(2)15-11(18)12(7-17)4-5-12/h8-9,17H,3-7H2,1-2H3,(H,15,18)/t9-/m0/s1. The van der Waals surface area contributed by atoms with E-state index >= 15 is 0 Å². The molecule has 0 spiro atoms. The number of aryl methyl sites for hydroxylation is 1. The van der Waals surface area contributed by atoms with E-state index in [1.165, 1.54) is 6.33 Å². The van der Waals surface area contributed by atoms with Gasteiger partial charge in [-0.1, -0.05) is 6.92 Å². The van der Waals surface area contributed by atoms with Crippen LogP contribution in [0.5, 0.6) is 0 Å². The van der Waals surface area contributed by atoms with E-state index in [0.717, 1.165) is 31.6 Å². The number of rotatable bonds is 6. The quantitative estimate of drug-likeness (QED) is 0.778. The van der Waals surface area contributed by atoms with Crippen molar-refractivity contribution in [2.45, 2.75) is 45.7 Å². The number of aliphatic hydroxyl groups is 1. The van der Waals surface area contributed by atoms with Gasteiger partial charge in [0.05, 0.1) is 18.1 Å². The van der Waals surface area contributed by atoms with Crippen molar-refractivity contribution in [3.8, 4) is 0 Å². The molecule has 100 valence electrons. The van der Waals surface area contributed by atoms with Gasteiger partial charge < -0.3 is 10.4 Å². The van der Waals surface area contributed by atoms with Crippen LogP contribution < -0.4 is 5.32 Å². The third kappa shape index (κ3) is 2.38. The number of nitrogens with one attached hydrogen (secondary N) is 1. The van der Waals surface area contributed by atoms with E-state index in [9.17, 15) is 9.90 Å². The lowest BCUT2D eigenvalue weighted by Crippen LogP contribution is -2.36. The monoisotopic (exact) mass is 252 g/mol. The first-order valence-corrected chi connectivity index (χ1v) is 6.42. The molecule has 1 aliphatic carbocycles. The van der Waals surface area contributed by atoms with E-state index in [1.807, 2.05) is 11.6 Å². The zero-order chi connectivity index (χ0) is 13.2. The number of nitrogens with zero attached hydrogens (tertiary/aromatic N) is 3. The van der Waals surface area contributed by atoms with Crippen molar-refractivity contribution in [3.05, 3.63) is 12.2 Å². The summed E-state index contributed by atoms with van der Waals surface area (Å²) in [5.41, 5.74) is -0.538. The fourth-order valence-corrected chi connectivity index (χ4v) is 2.01. The molecule has 2 N–H and O–H groups in total. The van der Waals surface area contributed by atoms with E-state index in [-0.39, 0.29) is 18.6 Å². The fraction of sp³-hybridized carbons (Fsp3) is 0.750. The number of carbonyl (C=O) groups is 1. The molecule has 0 aromatic carbocycles. The van der Waals surface area contributed by atoms with E-state index < -0.39 is 5.41 Å². The topological polar surface area (TPSA) is 80.0 Å². The van der Waals surface area contributed by atoms with Gasteiger partial charge in [-0.3, -0.25) is 4.79 Å². The molecule has 0 unspecified atom stereocenters. The second kappa shape index (κ2) is 5.06. The van der Waals surface area contributed by atoms with Gasteiger partial charge in [0.1, 0.15) is 12.2 Å². The predicted octanol–water partition coefficient (Wildman–Crippen LogP) is 0.638. The van der Waals surface area contributed by atoms with Crippen LogP contribution in [0.25, 0.3) is 0 Å². The minimum Gasteiger partial charge on any atom is -0.395 e. The molecule has 1 aromatic rings. The Morgan fingerprint density at radius 2 is 2.39 bits per heavy atom. The number of aromatic nitrogens is 3. The van der Waals surface area contributed by atoms with Gasteiger partial charge in [0, 0.05) is 6.54 Å². The first-order chi connectivity index (χ1) is 8.63. The molecule has 2 rings (SSSR count). The molecule has 1 fully saturated rings. The van der Waals surface area contributed by atoms with Crippen molar-refractivity contribution in [3.63, 3.8) is 0 Å². The van der Waals surface area contributed by atoms with Crippen LogP contribution in [0, 0.1) is 5.41 Å². The third-order valence-corrected chi connectivity index (χ3v) is 3.45. The highest BCUT2D eigenvalue weighted by molar-refractivity contribution is 5.85. The van der Waals surface area contributed by atoms with Gasteiger partial charge in [0.15, 0.2) is 0 Å². The van der Waals surface area contributed by atoms with E-state index in [2.05, 4.69) is 22.3 Å². The minimum absolute atomic E-state index is 0.0762. The molecule has 1 amide bonds. The molecule has 1 saturated carbocycles. The summed E-state index contributed by atoms with van der Waals surface area (Å²) >= 11 is 0. The highest BCUT2D eigenvalue weighted by Crippen LogP contribution is 2.45. The Balaban J connectivity index is 2.01. The molecule has 18 heavy (non-hydrogen) atoms. The van der Waals surface area contributed by atoms with Gasteiger partial charge in [-0.2, -0.15) is 5.10 Å². The Morgan fingerprint density at radius 1 is 1.67 bits per heavy atom. The number of hydrogen-bond donors (Lipinski definition) is 2. The molecule has 1 aliphatic rings. The lowest BCUT2D eigenvalue weighted by Gasteiger charge is -2.18. The van der Waals surface area contributed by atoms with Gasteiger partial charge >= 0.3 is 0 Å². The zero-order valence-corrected chi connectivity index (χ0v) is 10.9. The molecule has 0 saturated heterocycles. The SMILES string of the molecule is CCCn1ncnc1[C@H](C)NC(=O)C1(CO)CC1. The molecule has 0 aliphatic heterocycles.